The standard InChI is InChI=1S/C5H8N2O2/c6-2-4-9-3-1-5(7)8/h1,3-4H2,(H2,7,8). The van der Waals surface area contributed by atoms with E-state index in [0.717, 1.165) is 0 Å². The molecule has 9 heavy (non-hydrogen) atoms. The summed E-state index contributed by atoms with van der Waals surface area (Å²) in [6.45, 7) is 0.260. The number of nitrogens with two attached hydrogens (primary N) is 1. The summed E-state index contributed by atoms with van der Waals surface area (Å²) in [6.07, 6.45) is 0.182. The number of hydrogen-bond acceptors (Lipinski definition) is 3. The highest BCUT2D eigenvalue weighted by Gasteiger charge is 1.91. The van der Waals surface area contributed by atoms with Crippen LogP contribution in [0, 0.1) is 11.3 Å². The molecule has 0 bridgehead atoms. The Kier molecular flexibility index (Phi) is 4.46. The Labute approximate surface area is 53.2 Å². The molecule has 0 atom stereocenters. The summed E-state index contributed by atoms with van der Waals surface area (Å²) in [4.78, 5) is 10.0. The van der Waals surface area contributed by atoms with Crippen molar-refractivity contribution in [2.24, 2.45) is 5.73 Å². The molecule has 0 saturated heterocycles. The average molecular weight is 128 g/mol. The highest BCUT2D eigenvalue weighted by Crippen LogP contribution is 1.78. The molecule has 0 aliphatic heterocycles. The second-order valence-electron chi connectivity index (χ2n) is 1.43. The summed E-state index contributed by atoms with van der Waals surface area (Å²) in [5, 5.41) is 7.94. The van der Waals surface area contributed by atoms with Gasteiger partial charge in [0.15, 0.2) is 0 Å². The first-order chi connectivity index (χ1) is 4.27. The number of nitriles is 1. The predicted octanol–water partition coefficient (Wildman–Crippen LogP) is -0.598. The van der Waals surface area contributed by atoms with Gasteiger partial charge in [0.25, 0.3) is 0 Å². The van der Waals surface area contributed by atoms with E-state index in [1.807, 2.05) is 0 Å². The van der Waals surface area contributed by atoms with Crippen LogP contribution in [0.2, 0.25) is 0 Å². The van der Waals surface area contributed by atoms with E-state index in [1.54, 1.807) is 6.07 Å². The predicted molar refractivity (Wildman–Crippen MR) is 30.2 cm³/mol. The zero-order valence-electron chi connectivity index (χ0n) is 4.96. The SMILES string of the molecule is N#CCOCCC(N)=O. The number of rotatable bonds is 4. The molecule has 4 nitrogen and oxygen atoms in total. The van der Waals surface area contributed by atoms with Gasteiger partial charge in [-0.15, -0.1) is 0 Å². The van der Waals surface area contributed by atoms with E-state index in [1.165, 1.54) is 0 Å². The molecule has 2 N–H and O–H groups in total. The Bertz CT molecular complexity index is 127. The van der Waals surface area contributed by atoms with Gasteiger partial charge in [-0.05, 0) is 0 Å². The Morgan fingerprint density at radius 2 is 2.44 bits per heavy atom. The minimum Gasteiger partial charge on any atom is -0.370 e. The van der Waals surface area contributed by atoms with E-state index >= 15 is 0 Å². The van der Waals surface area contributed by atoms with E-state index < -0.39 is 5.91 Å². The molecule has 0 radical (unpaired) electrons. The highest BCUT2D eigenvalue weighted by atomic mass is 16.5. The molecule has 0 aromatic carbocycles. The van der Waals surface area contributed by atoms with Gasteiger partial charge in [0.1, 0.15) is 6.61 Å². The van der Waals surface area contributed by atoms with Gasteiger partial charge >= 0.3 is 0 Å². The molecule has 0 rings (SSSR count). The smallest absolute Gasteiger partial charge is 0.219 e. The van der Waals surface area contributed by atoms with Crippen molar-refractivity contribution >= 4 is 5.91 Å². The average Bonchev–Trinajstić information content (AvgIpc) is 1.80. The summed E-state index contributed by atoms with van der Waals surface area (Å²) in [6, 6.07) is 1.77. The maximum atomic E-state index is 10.0. The molecule has 50 valence electrons. The summed E-state index contributed by atoms with van der Waals surface area (Å²) in [7, 11) is 0. The van der Waals surface area contributed by atoms with E-state index in [0.29, 0.717) is 0 Å². The van der Waals surface area contributed by atoms with Crippen LogP contribution in [0.3, 0.4) is 0 Å². The van der Waals surface area contributed by atoms with Gasteiger partial charge < -0.3 is 10.5 Å². The summed E-state index contributed by atoms with van der Waals surface area (Å²) in [5.41, 5.74) is 4.77. The molecule has 0 aromatic heterocycles. The first-order valence-corrected chi connectivity index (χ1v) is 2.50. The second kappa shape index (κ2) is 5.06. The lowest BCUT2D eigenvalue weighted by Gasteiger charge is -1.93. The monoisotopic (exact) mass is 128 g/mol. The molecule has 0 spiro atoms. The van der Waals surface area contributed by atoms with Crippen LogP contribution < -0.4 is 5.73 Å². The Morgan fingerprint density at radius 1 is 1.78 bits per heavy atom. The van der Waals surface area contributed by atoms with Crippen molar-refractivity contribution < 1.29 is 9.53 Å². The fraction of sp³-hybridized carbons (Fsp3) is 0.600. The molecule has 0 aliphatic rings. The lowest BCUT2D eigenvalue weighted by atomic mass is 10.4. The summed E-state index contributed by atoms with van der Waals surface area (Å²) < 4.78 is 4.63. The van der Waals surface area contributed by atoms with E-state index in [-0.39, 0.29) is 19.6 Å². The van der Waals surface area contributed by atoms with Gasteiger partial charge in [-0.1, -0.05) is 0 Å². The van der Waals surface area contributed by atoms with Gasteiger partial charge in [0.05, 0.1) is 12.7 Å². The second-order valence-corrected chi connectivity index (χ2v) is 1.43. The fourth-order valence-electron chi connectivity index (χ4n) is 0.291. The van der Waals surface area contributed by atoms with E-state index in [4.69, 9.17) is 11.0 Å². The number of amides is 1. The molecule has 0 fully saturated rings. The van der Waals surface area contributed by atoms with Gasteiger partial charge in [0, 0.05) is 6.42 Å². The third kappa shape index (κ3) is 6.92. The fourth-order valence-corrected chi connectivity index (χ4v) is 0.291. The normalized spacial score (nSPS) is 8.33. The van der Waals surface area contributed by atoms with Crippen LogP contribution in [-0.4, -0.2) is 19.1 Å². The summed E-state index contributed by atoms with van der Waals surface area (Å²) in [5.74, 6) is -0.409. The zero-order valence-corrected chi connectivity index (χ0v) is 4.96. The maximum Gasteiger partial charge on any atom is 0.219 e. The van der Waals surface area contributed by atoms with E-state index in [2.05, 4.69) is 4.74 Å². The minimum absolute atomic E-state index is 0.0211. The number of carbonyl (C=O) groups excluding carboxylic acids is 1. The van der Waals surface area contributed by atoms with E-state index in [9.17, 15) is 4.79 Å². The molecular formula is C5H8N2O2. The first-order valence-electron chi connectivity index (χ1n) is 2.50. The van der Waals surface area contributed by atoms with Gasteiger partial charge in [-0.2, -0.15) is 5.26 Å². The van der Waals surface area contributed by atoms with Crippen molar-refractivity contribution in [2.75, 3.05) is 13.2 Å². The number of nitrogens with zero attached hydrogens (tertiary/aromatic N) is 1. The highest BCUT2D eigenvalue weighted by molar-refractivity contribution is 5.73. The van der Waals surface area contributed by atoms with Crippen molar-refractivity contribution in [3.8, 4) is 6.07 Å². The molecule has 4 heteroatoms. The van der Waals surface area contributed by atoms with Crippen LogP contribution in [0.1, 0.15) is 6.42 Å². The van der Waals surface area contributed by atoms with Crippen LogP contribution in [0.15, 0.2) is 0 Å². The third-order valence-electron chi connectivity index (χ3n) is 0.659. The van der Waals surface area contributed by atoms with Crippen LogP contribution in [0.25, 0.3) is 0 Å². The number of hydrogen-bond donors (Lipinski definition) is 1. The first kappa shape index (κ1) is 7.92. The van der Waals surface area contributed by atoms with Crippen LogP contribution in [0.5, 0.6) is 0 Å². The Morgan fingerprint density at radius 3 is 2.89 bits per heavy atom. The molecule has 0 aromatic rings. The van der Waals surface area contributed by atoms with Crippen molar-refractivity contribution in [3.63, 3.8) is 0 Å². The van der Waals surface area contributed by atoms with Crippen molar-refractivity contribution in [3.05, 3.63) is 0 Å². The van der Waals surface area contributed by atoms with Crippen molar-refractivity contribution in [1.82, 2.24) is 0 Å². The molecule has 0 unspecified atom stereocenters. The maximum absolute atomic E-state index is 10.0. The molecule has 1 amide bonds. The van der Waals surface area contributed by atoms with Crippen LogP contribution in [-0.2, 0) is 9.53 Å². The van der Waals surface area contributed by atoms with Gasteiger partial charge in [-0.3, -0.25) is 4.79 Å². The third-order valence-corrected chi connectivity index (χ3v) is 0.659. The number of carbonyl (C=O) groups is 1. The number of primary amides is 1. The lowest BCUT2D eigenvalue weighted by molar-refractivity contribution is -0.118. The van der Waals surface area contributed by atoms with Crippen LogP contribution >= 0.6 is 0 Å². The van der Waals surface area contributed by atoms with Crippen molar-refractivity contribution in [2.45, 2.75) is 6.42 Å². The molecule has 0 aliphatic carbocycles. The number of ether oxygens (including phenoxy) is 1. The Hall–Kier alpha value is -1.08. The molecule has 0 heterocycles. The topological polar surface area (TPSA) is 76.1 Å². The quantitative estimate of drug-likeness (QED) is 0.514. The van der Waals surface area contributed by atoms with Crippen LogP contribution in [0.4, 0.5) is 0 Å². The minimum atomic E-state index is -0.409. The summed E-state index contributed by atoms with van der Waals surface area (Å²) >= 11 is 0. The van der Waals surface area contributed by atoms with Crippen molar-refractivity contribution in [1.29, 1.82) is 5.26 Å². The van der Waals surface area contributed by atoms with Gasteiger partial charge in [-0.25, -0.2) is 0 Å². The molecule has 0 saturated carbocycles. The Balaban J connectivity index is 2.94. The van der Waals surface area contributed by atoms with Gasteiger partial charge in [0.2, 0.25) is 5.91 Å². The zero-order chi connectivity index (χ0) is 7.11. The molecular weight excluding hydrogens is 120 g/mol. The lowest BCUT2D eigenvalue weighted by Crippen LogP contribution is -2.13. The largest absolute Gasteiger partial charge is 0.370 e.